The SMILES string of the molecule is Cc1nn(-c2ccccc2)c2c1C(C(=O)c1cc(Cl)sc1Cl)CC(=O)N2. The average molecular weight is 406 g/mol. The molecule has 0 saturated carbocycles. The van der Waals surface area contributed by atoms with Crippen LogP contribution in [0.5, 0.6) is 0 Å². The van der Waals surface area contributed by atoms with Gasteiger partial charge in [-0.05, 0) is 25.1 Å². The number of Topliss-reactive ketones (excluding diaryl/α,β-unsaturated/α-hetero) is 1. The van der Waals surface area contributed by atoms with Crippen LogP contribution in [0, 0.1) is 6.92 Å². The highest BCUT2D eigenvalue weighted by Gasteiger charge is 2.37. The molecule has 1 amide bonds. The van der Waals surface area contributed by atoms with E-state index in [1.165, 1.54) is 0 Å². The number of nitrogens with zero attached hydrogens (tertiary/aromatic N) is 2. The van der Waals surface area contributed by atoms with Crippen LogP contribution in [0.3, 0.4) is 0 Å². The Morgan fingerprint density at radius 3 is 2.69 bits per heavy atom. The molecule has 1 N–H and O–H groups in total. The summed E-state index contributed by atoms with van der Waals surface area (Å²) in [6.07, 6.45) is 0.0525. The van der Waals surface area contributed by atoms with Crippen molar-refractivity contribution in [3.63, 3.8) is 0 Å². The van der Waals surface area contributed by atoms with E-state index in [0.717, 1.165) is 22.6 Å². The van der Waals surface area contributed by atoms with E-state index in [0.29, 0.717) is 25.7 Å². The number of fused-ring (bicyclic) bond motifs is 1. The van der Waals surface area contributed by atoms with Crippen LogP contribution in [0.1, 0.15) is 34.0 Å². The highest BCUT2D eigenvalue weighted by Crippen LogP contribution is 2.41. The number of hydrogen-bond acceptors (Lipinski definition) is 4. The zero-order valence-corrected chi connectivity index (χ0v) is 16.0. The van der Waals surface area contributed by atoms with Crippen LogP contribution >= 0.6 is 34.5 Å². The number of anilines is 1. The van der Waals surface area contributed by atoms with Crippen molar-refractivity contribution in [1.29, 1.82) is 0 Å². The number of carbonyl (C=O) groups excluding carboxylic acids is 2. The lowest BCUT2D eigenvalue weighted by Crippen LogP contribution is -2.28. The molecule has 0 spiro atoms. The molecule has 0 radical (unpaired) electrons. The molecule has 26 heavy (non-hydrogen) atoms. The topological polar surface area (TPSA) is 64.0 Å². The summed E-state index contributed by atoms with van der Waals surface area (Å²) in [6.45, 7) is 1.83. The van der Waals surface area contributed by atoms with Gasteiger partial charge in [0.15, 0.2) is 5.78 Å². The Morgan fingerprint density at radius 1 is 1.31 bits per heavy atom. The number of nitrogens with one attached hydrogen (secondary N) is 1. The highest BCUT2D eigenvalue weighted by molar-refractivity contribution is 7.20. The Balaban J connectivity index is 1.84. The first-order valence-electron chi connectivity index (χ1n) is 7.89. The van der Waals surface area contributed by atoms with Crippen molar-refractivity contribution in [3.05, 3.63) is 61.9 Å². The zero-order valence-electron chi connectivity index (χ0n) is 13.6. The zero-order chi connectivity index (χ0) is 18.4. The molecule has 8 heteroatoms. The van der Waals surface area contributed by atoms with Crippen molar-refractivity contribution >= 4 is 52.0 Å². The summed E-state index contributed by atoms with van der Waals surface area (Å²) in [7, 11) is 0. The predicted molar refractivity (Wildman–Crippen MR) is 103 cm³/mol. The van der Waals surface area contributed by atoms with Crippen LogP contribution in [0.25, 0.3) is 5.69 Å². The monoisotopic (exact) mass is 405 g/mol. The first-order chi connectivity index (χ1) is 12.5. The molecule has 0 saturated heterocycles. The number of aryl methyl sites for hydroxylation is 1. The van der Waals surface area contributed by atoms with Gasteiger partial charge in [0.1, 0.15) is 10.2 Å². The molecule has 3 heterocycles. The van der Waals surface area contributed by atoms with Gasteiger partial charge >= 0.3 is 0 Å². The number of ketones is 1. The van der Waals surface area contributed by atoms with Crippen molar-refractivity contribution in [2.45, 2.75) is 19.3 Å². The number of halogens is 2. The molecule has 0 fully saturated rings. The van der Waals surface area contributed by atoms with Crippen molar-refractivity contribution in [1.82, 2.24) is 9.78 Å². The summed E-state index contributed by atoms with van der Waals surface area (Å²) in [5.74, 6) is -0.560. The summed E-state index contributed by atoms with van der Waals surface area (Å²) in [4.78, 5) is 25.4. The summed E-state index contributed by atoms with van der Waals surface area (Å²) in [5, 5.41) is 7.40. The van der Waals surface area contributed by atoms with Gasteiger partial charge in [-0.25, -0.2) is 4.68 Å². The second kappa shape index (κ2) is 6.54. The van der Waals surface area contributed by atoms with E-state index in [2.05, 4.69) is 10.4 Å². The van der Waals surface area contributed by atoms with E-state index in [9.17, 15) is 9.59 Å². The number of rotatable bonds is 3. The Kier molecular flexibility index (Phi) is 4.34. The molecule has 1 atom stereocenters. The van der Waals surface area contributed by atoms with Crippen LogP contribution in [0.15, 0.2) is 36.4 Å². The van der Waals surface area contributed by atoms with Gasteiger partial charge in [-0.2, -0.15) is 5.10 Å². The molecule has 1 aromatic carbocycles. The minimum atomic E-state index is -0.639. The van der Waals surface area contributed by atoms with Gasteiger partial charge in [0.05, 0.1) is 21.6 Å². The third-order valence-corrected chi connectivity index (χ3v) is 5.83. The number of carbonyl (C=O) groups is 2. The molecular formula is C18H13Cl2N3O2S. The average Bonchev–Trinajstić information content (AvgIpc) is 3.13. The van der Waals surface area contributed by atoms with Crippen molar-refractivity contribution in [3.8, 4) is 5.69 Å². The van der Waals surface area contributed by atoms with E-state index in [-0.39, 0.29) is 18.1 Å². The van der Waals surface area contributed by atoms with Crippen molar-refractivity contribution in [2.24, 2.45) is 0 Å². The van der Waals surface area contributed by atoms with Gasteiger partial charge in [0.2, 0.25) is 5.91 Å². The third-order valence-electron chi connectivity index (χ3n) is 4.34. The summed E-state index contributed by atoms with van der Waals surface area (Å²) >= 11 is 13.3. The van der Waals surface area contributed by atoms with E-state index in [4.69, 9.17) is 23.2 Å². The molecule has 4 rings (SSSR count). The van der Waals surface area contributed by atoms with E-state index < -0.39 is 5.92 Å². The number of thiophene rings is 1. The van der Waals surface area contributed by atoms with Crippen molar-refractivity contribution in [2.75, 3.05) is 5.32 Å². The first-order valence-corrected chi connectivity index (χ1v) is 9.46. The Labute approximate surface area is 163 Å². The van der Waals surface area contributed by atoms with Gasteiger partial charge in [-0.1, -0.05) is 41.4 Å². The van der Waals surface area contributed by atoms with Gasteiger partial charge in [0, 0.05) is 17.5 Å². The molecule has 2 aromatic heterocycles. The fourth-order valence-electron chi connectivity index (χ4n) is 3.22. The minimum absolute atomic E-state index is 0.0525. The van der Waals surface area contributed by atoms with Crippen LogP contribution in [0.4, 0.5) is 5.82 Å². The smallest absolute Gasteiger partial charge is 0.226 e. The maximum atomic E-state index is 13.1. The molecule has 1 unspecified atom stereocenters. The third kappa shape index (κ3) is 2.84. The predicted octanol–water partition coefficient (Wildman–Crippen LogP) is 4.86. The Morgan fingerprint density at radius 2 is 2.04 bits per heavy atom. The van der Waals surface area contributed by atoms with Crippen molar-refractivity contribution < 1.29 is 9.59 Å². The second-order valence-corrected chi connectivity index (χ2v) is 8.29. The van der Waals surface area contributed by atoms with Crippen LogP contribution in [0.2, 0.25) is 8.67 Å². The number of para-hydroxylation sites is 1. The number of hydrogen-bond donors (Lipinski definition) is 1. The van der Waals surface area contributed by atoms with Crippen LogP contribution < -0.4 is 5.32 Å². The van der Waals surface area contributed by atoms with E-state index >= 15 is 0 Å². The molecule has 1 aliphatic heterocycles. The number of aromatic nitrogens is 2. The van der Waals surface area contributed by atoms with Crippen LogP contribution in [-0.2, 0) is 4.79 Å². The molecule has 0 aliphatic carbocycles. The molecular weight excluding hydrogens is 393 g/mol. The summed E-state index contributed by atoms with van der Waals surface area (Å²) in [6, 6.07) is 11.0. The molecule has 3 aromatic rings. The first kappa shape index (κ1) is 17.3. The lowest BCUT2D eigenvalue weighted by molar-refractivity contribution is -0.116. The van der Waals surface area contributed by atoms with Gasteiger partial charge in [0.25, 0.3) is 0 Å². The largest absolute Gasteiger partial charge is 0.310 e. The van der Waals surface area contributed by atoms with Gasteiger partial charge in [-0.3, -0.25) is 9.59 Å². The molecule has 1 aliphatic rings. The Hall–Kier alpha value is -2.15. The summed E-state index contributed by atoms with van der Waals surface area (Å²) in [5.41, 5.74) is 2.57. The highest BCUT2D eigenvalue weighted by atomic mass is 35.5. The number of amides is 1. The van der Waals surface area contributed by atoms with Crippen LogP contribution in [-0.4, -0.2) is 21.5 Å². The normalized spacial score (nSPS) is 16.3. The maximum absolute atomic E-state index is 13.1. The Bertz CT molecular complexity index is 1030. The lowest BCUT2D eigenvalue weighted by Gasteiger charge is -2.23. The maximum Gasteiger partial charge on any atom is 0.226 e. The van der Waals surface area contributed by atoms with E-state index in [1.807, 2.05) is 37.3 Å². The lowest BCUT2D eigenvalue weighted by atomic mass is 9.86. The fraction of sp³-hybridized carbons (Fsp3) is 0.167. The van der Waals surface area contributed by atoms with E-state index in [1.54, 1.807) is 10.7 Å². The minimum Gasteiger partial charge on any atom is -0.310 e. The summed E-state index contributed by atoms with van der Waals surface area (Å²) < 4.78 is 2.43. The van der Waals surface area contributed by atoms with Gasteiger partial charge < -0.3 is 5.32 Å². The second-order valence-electron chi connectivity index (χ2n) is 6.00. The molecule has 0 bridgehead atoms. The quantitative estimate of drug-likeness (QED) is 0.632. The van der Waals surface area contributed by atoms with Gasteiger partial charge in [-0.15, -0.1) is 11.3 Å². The molecule has 5 nitrogen and oxygen atoms in total. The standard InChI is InChI=1S/C18H13Cl2N3O2S/c1-9-15-11(16(25)12-7-13(19)26-17(12)20)8-14(24)21-18(15)23(22-9)10-5-3-2-4-6-10/h2-7,11H,8H2,1H3,(H,21,24). The number of benzene rings is 1. The molecule has 132 valence electrons. The fourth-order valence-corrected chi connectivity index (χ4v) is 4.70.